The fourth-order valence-corrected chi connectivity index (χ4v) is 4.04. The number of hydrogen-bond donors (Lipinski definition) is 0. The molecular formula is C22H31N3O. The van der Waals surface area contributed by atoms with E-state index >= 15 is 0 Å². The van der Waals surface area contributed by atoms with Crippen LogP contribution in [0.5, 0.6) is 0 Å². The first-order valence-electron chi connectivity index (χ1n) is 9.72. The van der Waals surface area contributed by atoms with Gasteiger partial charge in [0.05, 0.1) is 11.3 Å². The van der Waals surface area contributed by atoms with Gasteiger partial charge >= 0.3 is 0 Å². The molecule has 140 valence electrons. The van der Waals surface area contributed by atoms with Crippen molar-refractivity contribution in [3.8, 4) is 11.3 Å². The quantitative estimate of drug-likeness (QED) is 0.566. The van der Waals surface area contributed by atoms with Crippen LogP contribution in [0, 0.1) is 27.7 Å². The van der Waals surface area contributed by atoms with E-state index in [1.807, 2.05) is 10.8 Å². The Morgan fingerprint density at radius 3 is 2.19 bits per heavy atom. The molecule has 0 aliphatic carbocycles. The van der Waals surface area contributed by atoms with Gasteiger partial charge in [0.2, 0.25) is 5.71 Å². The molecular weight excluding hydrogens is 322 g/mol. The molecule has 1 aromatic carbocycles. The summed E-state index contributed by atoms with van der Waals surface area (Å²) in [5.41, 5.74) is 9.23. The molecule has 0 saturated heterocycles. The van der Waals surface area contributed by atoms with Crippen LogP contribution in [-0.4, -0.2) is 27.6 Å². The lowest BCUT2D eigenvalue weighted by Crippen LogP contribution is -2.25. The first-order chi connectivity index (χ1) is 12.5. The molecule has 2 heterocycles. The second-order valence-corrected chi connectivity index (χ2v) is 7.45. The van der Waals surface area contributed by atoms with Crippen molar-refractivity contribution in [1.29, 1.82) is 0 Å². The second-order valence-electron chi connectivity index (χ2n) is 7.45. The highest BCUT2D eigenvalue weighted by molar-refractivity contribution is 5.70. The molecule has 0 spiro atoms. The number of benzene rings is 1. The third-order valence-corrected chi connectivity index (χ3v) is 5.04. The molecule has 0 radical (unpaired) electrons. The van der Waals surface area contributed by atoms with E-state index in [-0.39, 0.29) is 0 Å². The van der Waals surface area contributed by atoms with Crippen LogP contribution in [0.15, 0.2) is 22.8 Å². The van der Waals surface area contributed by atoms with E-state index < -0.39 is 0 Å². The molecule has 26 heavy (non-hydrogen) atoms. The Bertz CT molecular complexity index is 875. The van der Waals surface area contributed by atoms with Crippen molar-refractivity contribution in [2.75, 3.05) is 13.1 Å². The van der Waals surface area contributed by atoms with Gasteiger partial charge in [-0.25, -0.2) is 0 Å². The number of aryl methyl sites for hydroxylation is 4. The Hall–Kier alpha value is -2.07. The predicted octanol–water partition coefficient (Wildman–Crippen LogP) is 5.45. The van der Waals surface area contributed by atoms with Crippen LogP contribution in [-0.2, 0) is 6.54 Å². The molecule has 0 fully saturated rings. The topological polar surface area (TPSA) is 33.7 Å². The molecule has 2 aromatic heterocycles. The zero-order chi connectivity index (χ0) is 18.8. The van der Waals surface area contributed by atoms with Gasteiger partial charge in [-0.15, -0.1) is 0 Å². The van der Waals surface area contributed by atoms with Gasteiger partial charge in [-0.1, -0.05) is 31.5 Å². The van der Waals surface area contributed by atoms with Gasteiger partial charge in [0.1, 0.15) is 12.0 Å². The summed E-state index contributed by atoms with van der Waals surface area (Å²) in [7, 11) is 0. The number of hydrogen-bond acceptors (Lipinski definition) is 3. The fourth-order valence-electron chi connectivity index (χ4n) is 4.04. The van der Waals surface area contributed by atoms with Crippen LogP contribution in [0.2, 0.25) is 0 Å². The standard InChI is InChI=1S/C22H31N3O/c1-7-9-24(10-8-2)13-19-18(6)23-25-20(14-26-22(19)25)21-16(4)11-15(3)12-17(21)5/h11-12,14H,7-10,13H2,1-6H3. The van der Waals surface area contributed by atoms with Crippen molar-refractivity contribution in [3.63, 3.8) is 0 Å². The maximum atomic E-state index is 6.03. The van der Waals surface area contributed by atoms with Gasteiger partial charge in [-0.2, -0.15) is 9.61 Å². The summed E-state index contributed by atoms with van der Waals surface area (Å²) >= 11 is 0. The number of fused-ring (bicyclic) bond motifs is 1. The molecule has 0 unspecified atom stereocenters. The Morgan fingerprint density at radius 2 is 1.62 bits per heavy atom. The summed E-state index contributed by atoms with van der Waals surface area (Å²) in [6, 6.07) is 4.45. The van der Waals surface area contributed by atoms with Gasteiger partial charge in [-0.05, 0) is 64.8 Å². The van der Waals surface area contributed by atoms with Crippen molar-refractivity contribution in [1.82, 2.24) is 14.5 Å². The second kappa shape index (κ2) is 7.67. The van der Waals surface area contributed by atoms with Crippen molar-refractivity contribution in [2.45, 2.75) is 60.9 Å². The molecule has 4 heteroatoms. The van der Waals surface area contributed by atoms with E-state index in [0.29, 0.717) is 0 Å². The predicted molar refractivity (Wildman–Crippen MR) is 108 cm³/mol. The third kappa shape index (κ3) is 3.43. The number of oxazole rings is 1. The van der Waals surface area contributed by atoms with Crippen LogP contribution in [0.4, 0.5) is 0 Å². The molecule has 4 nitrogen and oxygen atoms in total. The van der Waals surface area contributed by atoms with Gasteiger partial charge < -0.3 is 4.42 Å². The largest absolute Gasteiger partial charge is 0.444 e. The lowest BCUT2D eigenvalue weighted by molar-refractivity contribution is 0.266. The van der Waals surface area contributed by atoms with Crippen LogP contribution in [0.1, 0.15) is 54.6 Å². The van der Waals surface area contributed by atoms with Crippen molar-refractivity contribution >= 4 is 5.71 Å². The molecule has 0 bridgehead atoms. The molecule has 0 amide bonds. The number of rotatable bonds is 7. The summed E-state index contributed by atoms with van der Waals surface area (Å²) in [5.74, 6) is 0. The Labute approximate surface area is 156 Å². The van der Waals surface area contributed by atoms with Gasteiger partial charge in [-0.3, -0.25) is 4.90 Å². The summed E-state index contributed by atoms with van der Waals surface area (Å²) in [6.45, 7) is 16.1. The first-order valence-corrected chi connectivity index (χ1v) is 9.72. The lowest BCUT2D eigenvalue weighted by atomic mass is 9.98. The maximum Gasteiger partial charge on any atom is 0.226 e. The van der Waals surface area contributed by atoms with Crippen LogP contribution < -0.4 is 0 Å². The van der Waals surface area contributed by atoms with E-state index in [4.69, 9.17) is 9.52 Å². The average Bonchev–Trinajstić information content (AvgIpc) is 3.08. The summed E-state index contributed by atoms with van der Waals surface area (Å²) < 4.78 is 8.02. The third-order valence-electron chi connectivity index (χ3n) is 5.04. The Morgan fingerprint density at radius 1 is 1.00 bits per heavy atom. The summed E-state index contributed by atoms with van der Waals surface area (Å²) in [6.07, 6.45) is 4.18. The minimum atomic E-state index is 0.883. The molecule has 0 aliphatic rings. The normalized spacial score (nSPS) is 11.8. The van der Waals surface area contributed by atoms with Crippen LogP contribution in [0.3, 0.4) is 0 Å². The van der Waals surface area contributed by atoms with Crippen LogP contribution in [0.25, 0.3) is 17.0 Å². The van der Waals surface area contributed by atoms with Crippen molar-refractivity contribution in [3.05, 3.63) is 46.3 Å². The Balaban J connectivity index is 2.05. The monoisotopic (exact) mass is 353 g/mol. The minimum Gasteiger partial charge on any atom is -0.444 e. The highest BCUT2D eigenvalue weighted by Crippen LogP contribution is 2.32. The molecule has 3 aromatic rings. The van der Waals surface area contributed by atoms with Gasteiger partial charge in [0.25, 0.3) is 0 Å². The zero-order valence-electron chi connectivity index (χ0n) is 17.0. The summed E-state index contributed by atoms with van der Waals surface area (Å²) in [4.78, 5) is 2.49. The fraction of sp³-hybridized carbons (Fsp3) is 0.500. The zero-order valence-corrected chi connectivity index (χ0v) is 17.0. The van der Waals surface area contributed by atoms with E-state index in [1.165, 1.54) is 27.8 Å². The minimum absolute atomic E-state index is 0.883. The smallest absolute Gasteiger partial charge is 0.226 e. The molecule has 0 saturated carbocycles. The lowest BCUT2D eigenvalue weighted by Gasteiger charge is -2.20. The van der Waals surface area contributed by atoms with Crippen molar-refractivity contribution in [2.24, 2.45) is 0 Å². The van der Waals surface area contributed by atoms with Gasteiger partial charge in [0, 0.05) is 12.1 Å². The molecule has 0 N–H and O–H groups in total. The average molecular weight is 354 g/mol. The highest BCUT2D eigenvalue weighted by Gasteiger charge is 2.20. The molecule has 0 atom stereocenters. The first kappa shape index (κ1) is 18.7. The SMILES string of the molecule is CCCN(CCC)Cc1c(C)nn2c(-c3c(C)cc(C)cc3C)coc12. The van der Waals surface area contributed by atoms with E-state index in [0.717, 1.165) is 49.6 Å². The summed E-state index contributed by atoms with van der Waals surface area (Å²) in [5, 5.41) is 4.82. The van der Waals surface area contributed by atoms with E-state index in [1.54, 1.807) is 0 Å². The number of aromatic nitrogens is 2. The van der Waals surface area contributed by atoms with E-state index in [2.05, 4.69) is 58.6 Å². The Kier molecular flexibility index (Phi) is 5.52. The van der Waals surface area contributed by atoms with Gasteiger partial charge in [0.15, 0.2) is 0 Å². The maximum absolute atomic E-state index is 6.03. The highest BCUT2D eigenvalue weighted by atomic mass is 16.3. The molecule has 0 aliphatic heterocycles. The van der Waals surface area contributed by atoms with Crippen molar-refractivity contribution < 1.29 is 4.42 Å². The molecule has 3 rings (SSSR count). The van der Waals surface area contributed by atoms with E-state index in [9.17, 15) is 0 Å². The van der Waals surface area contributed by atoms with Crippen LogP contribution >= 0.6 is 0 Å². The number of nitrogens with zero attached hydrogens (tertiary/aromatic N) is 3.